The zero-order valence-corrected chi connectivity index (χ0v) is 19.2. The monoisotopic (exact) mass is 461 g/mol. The van der Waals surface area contributed by atoms with Crippen LogP contribution in [0, 0.1) is 0 Å². The van der Waals surface area contributed by atoms with Crippen LogP contribution in [0.3, 0.4) is 0 Å². The Hall–Kier alpha value is -2.34. The summed E-state index contributed by atoms with van der Waals surface area (Å²) >= 11 is 12.8. The minimum atomic E-state index is -0.819. The Bertz CT molecular complexity index is 989. The van der Waals surface area contributed by atoms with E-state index in [9.17, 15) is 9.59 Å². The Labute approximate surface area is 192 Å². The van der Waals surface area contributed by atoms with Gasteiger partial charge in [0.1, 0.15) is 12.2 Å². The summed E-state index contributed by atoms with van der Waals surface area (Å²) in [5.74, 6) is -0.649. The Morgan fingerprint density at radius 3 is 2.61 bits per heavy atom. The van der Waals surface area contributed by atoms with Crippen LogP contribution in [0.2, 0.25) is 10.0 Å². The summed E-state index contributed by atoms with van der Waals surface area (Å²) in [5.41, 5.74) is 2.23. The first-order valence-electron chi connectivity index (χ1n) is 10.2. The van der Waals surface area contributed by atoms with Gasteiger partial charge >= 0.3 is 5.97 Å². The van der Waals surface area contributed by atoms with Gasteiger partial charge in [-0.05, 0) is 45.0 Å². The van der Waals surface area contributed by atoms with E-state index in [4.69, 9.17) is 32.7 Å². The maximum absolute atomic E-state index is 13.5. The molecule has 3 rings (SSSR count). The first kappa shape index (κ1) is 23.3. The van der Waals surface area contributed by atoms with E-state index in [1.54, 1.807) is 30.0 Å². The number of carbonyl (C=O) groups is 2. The first-order chi connectivity index (χ1) is 14.8. The minimum Gasteiger partial charge on any atom is -0.463 e. The largest absolute Gasteiger partial charge is 0.463 e. The van der Waals surface area contributed by atoms with Gasteiger partial charge < -0.3 is 14.4 Å². The summed E-state index contributed by atoms with van der Waals surface area (Å²) in [5, 5.41) is 1.07. The quantitative estimate of drug-likeness (QED) is 0.406. The normalized spacial score (nSPS) is 18.9. The molecule has 5 nitrogen and oxygen atoms in total. The van der Waals surface area contributed by atoms with Crippen LogP contribution in [-0.4, -0.2) is 30.6 Å². The second-order valence-electron chi connectivity index (χ2n) is 7.42. The lowest BCUT2D eigenvalue weighted by molar-refractivity contribution is -0.137. The van der Waals surface area contributed by atoms with E-state index < -0.39 is 18.2 Å². The SMILES string of the molecule is CCOC(=O)/C=C/C[C@H]1O[C@H](c2ccccc2Cl)c2cc(Cl)ccc2N(C(C)C)C1=O. The van der Waals surface area contributed by atoms with Crippen LogP contribution in [0.4, 0.5) is 5.69 Å². The summed E-state index contributed by atoms with van der Waals surface area (Å²) in [6.45, 7) is 5.91. The van der Waals surface area contributed by atoms with Crippen molar-refractivity contribution in [1.82, 2.24) is 0 Å². The molecule has 1 heterocycles. The molecule has 0 spiro atoms. The third-order valence-corrected chi connectivity index (χ3v) is 5.52. The fraction of sp³-hybridized carbons (Fsp3) is 0.333. The van der Waals surface area contributed by atoms with Gasteiger partial charge in [-0.25, -0.2) is 4.79 Å². The molecular formula is C24H25Cl2NO4. The molecule has 0 radical (unpaired) electrons. The standard InChI is InChI=1S/C24H25Cl2NO4/c1-4-30-22(28)11-7-10-21-24(29)27(15(2)3)20-13-12-16(25)14-18(20)23(31-21)17-8-5-6-9-19(17)26/h5-9,11-15,21,23H,4,10H2,1-3H3/b11-7+/t21-,23-/m1/s1. The Morgan fingerprint density at radius 2 is 1.94 bits per heavy atom. The minimum absolute atomic E-state index is 0.113. The number of hydrogen-bond acceptors (Lipinski definition) is 4. The molecule has 2 atom stereocenters. The van der Waals surface area contributed by atoms with Gasteiger partial charge in [0, 0.05) is 39.7 Å². The highest BCUT2D eigenvalue weighted by atomic mass is 35.5. The molecule has 0 unspecified atom stereocenters. The second-order valence-corrected chi connectivity index (χ2v) is 8.27. The molecule has 1 amide bonds. The van der Waals surface area contributed by atoms with Crippen molar-refractivity contribution in [3.8, 4) is 0 Å². The number of ether oxygens (including phenoxy) is 2. The number of benzene rings is 2. The van der Waals surface area contributed by atoms with Crippen molar-refractivity contribution in [3.63, 3.8) is 0 Å². The van der Waals surface area contributed by atoms with Crippen molar-refractivity contribution in [3.05, 3.63) is 75.8 Å². The van der Waals surface area contributed by atoms with Crippen LogP contribution in [-0.2, 0) is 19.1 Å². The highest BCUT2D eigenvalue weighted by Crippen LogP contribution is 2.42. The summed E-state index contributed by atoms with van der Waals surface area (Å²) in [7, 11) is 0. The van der Waals surface area contributed by atoms with Crippen LogP contribution in [0.25, 0.3) is 0 Å². The summed E-state index contributed by atoms with van der Waals surface area (Å²) in [6, 6.07) is 12.7. The van der Waals surface area contributed by atoms with Gasteiger partial charge in [-0.15, -0.1) is 0 Å². The van der Waals surface area contributed by atoms with Crippen LogP contribution in [0.1, 0.15) is 44.4 Å². The van der Waals surface area contributed by atoms with Crippen molar-refractivity contribution in [2.45, 2.75) is 45.4 Å². The lowest BCUT2D eigenvalue weighted by atomic mass is 9.99. The van der Waals surface area contributed by atoms with Crippen molar-refractivity contribution < 1.29 is 19.1 Å². The van der Waals surface area contributed by atoms with Gasteiger partial charge in [0.25, 0.3) is 5.91 Å². The van der Waals surface area contributed by atoms with Crippen molar-refractivity contribution >= 4 is 40.8 Å². The van der Waals surface area contributed by atoms with E-state index in [1.165, 1.54) is 6.08 Å². The fourth-order valence-corrected chi connectivity index (χ4v) is 4.04. The number of rotatable bonds is 6. The Balaban J connectivity index is 2.08. The number of amides is 1. The molecule has 2 aromatic rings. The smallest absolute Gasteiger partial charge is 0.330 e. The highest BCUT2D eigenvalue weighted by Gasteiger charge is 2.37. The van der Waals surface area contributed by atoms with E-state index in [1.807, 2.05) is 44.2 Å². The molecule has 0 aromatic heterocycles. The van der Waals surface area contributed by atoms with Crippen molar-refractivity contribution in [2.75, 3.05) is 11.5 Å². The number of nitrogens with zero attached hydrogens (tertiary/aromatic N) is 1. The maximum atomic E-state index is 13.5. The molecule has 164 valence electrons. The molecule has 31 heavy (non-hydrogen) atoms. The van der Waals surface area contributed by atoms with Crippen LogP contribution >= 0.6 is 23.2 Å². The van der Waals surface area contributed by atoms with E-state index >= 15 is 0 Å². The second kappa shape index (κ2) is 10.3. The summed E-state index contributed by atoms with van der Waals surface area (Å²) in [4.78, 5) is 26.9. The molecule has 0 saturated heterocycles. The molecule has 0 fully saturated rings. The molecule has 7 heteroatoms. The lowest BCUT2D eigenvalue weighted by Gasteiger charge is -2.28. The maximum Gasteiger partial charge on any atom is 0.330 e. The van der Waals surface area contributed by atoms with E-state index in [2.05, 4.69) is 0 Å². The van der Waals surface area contributed by atoms with Gasteiger partial charge in [-0.1, -0.05) is 47.5 Å². The van der Waals surface area contributed by atoms with Crippen LogP contribution in [0.15, 0.2) is 54.6 Å². The molecule has 0 aliphatic carbocycles. The molecule has 0 bridgehead atoms. The highest BCUT2D eigenvalue weighted by molar-refractivity contribution is 6.31. The van der Waals surface area contributed by atoms with Crippen LogP contribution in [0.5, 0.6) is 0 Å². The number of halogens is 2. The third kappa shape index (κ3) is 5.29. The first-order valence-corrected chi connectivity index (χ1v) is 10.9. The van der Waals surface area contributed by atoms with Gasteiger partial charge in [0.2, 0.25) is 0 Å². The number of hydrogen-bond donors (Lipinski definition) is 0. The molecule has 0 saturated carbocycles. The topological polar surface area (TPSA) is 55.8 Å². The number of carbonyl (C=O) groups excluding carboxylic acids is 2. The number of fused-ring (bicyclic) bond motifs is 1. The molecular weight excluding hydrogens is 437 g/mol. The Morgan fingerprint density at radius 1 is 1.19 bits per heavy atom. The van der Waals surface area contributed by atoms with Crippen molar-refractivity contribution in [1.29, 1.82) is 0 Å². The Kier molecular flexibility index (Phi) is 7.76. The molecule has 0 N–H and O–H groups in total. The third-order valence-electron chi connectivity index (χ3n) is 4.94. The predicted octanol–water partition coefficient (Wildman–Crippen LogP) is 5.73. The zero-order chi connectivity index (χ0) is 22.5. The lowest BCUT2D eigenvalue weighted by Crippen LogP contribution is -2.43. The van der Waals surface area contributed by atoms with Gasteiger partial charge in [0.15, 0.2) is 0 Å². The van der Waals surface area contributed by atoms with E-state index in [0.717, 1.165) is 16.8 Å². The van der Waals surface area contributed by atoms with Gasteiger partial charge in [-0.3, -0.25) is 4.79 Å². The van der Waals surface area contributed by atoms with E-state index in [0.29, 0.717) is 10.0 Å². The molecule has 1 aliphatic heterocycles. The average molecular weight is 462 g/mol. The van der Waals surface area contributed by atoms with Gasteiger partial charge in [0.05, 0.1) is 12.3 Å². The zero-order valence-electron chi connectivity index (χ0n) is 17.7. The average Bonchev–Trinajstić information content (AvgIpc) is 2.83. The number of esters is 1. The van der Waals surface area contributed by atoms with Crippen LogP contribution < -0.4 is 4.90 Å². The number of anilines is 1. The van der Waals surface area contributed by atoms with E-state index in [-0.39, 0.29) is 25.0 Å². The molecule has 1 aliphatic rings. The fourth-order valence-electron chi connectivity index (χ4n) is 3.62. The predicted molar refractivity (Wildman–Crippen MR) is 123 cm³/mol. The summed E-state index contributed by atoms with van der Waals surface area (Å²) in [6.07, 6.45) is 1.71. The molecule has 2 aromatic carbocycles. The summed E-state index contributed by atoms with van der Waals surface area (Å²) < 4.78 is 11.3. The van der Waals surface area contributed by atoms with Gasteiger partial charge in [-0.2, -0.15) is 0 Å². The van der Waals surface area contributed by atoms with Crippen molar-refractivity contribution in [2.24, 2.45) is 0 Å².